The van der Waals surface area contributed by atoms with Crippen LogP contribution in [0, 0.1) is 0 Å². The number of thiol groups is 1. The zero-order chi connectivity index (χ0) is 9.78. The predicted molar refractivity (Wildman–Crippen MR) is 52.5 cm³/mol. The molecule has 1 atom stereocenters. The molecule has 0 aromatic rings. The van der Waals surface area contributed by atoms with Crippen molar-refractivity contribution in [1.82, 2.24) is 5.32 Å². The summed E-state index contributed by atoms with van der Waals surface area (Å²) in [5, 5.41) is 3.11. The third-order valence-corrected chi connectivity index (χ3v) is 1.64. The van der Waals surface area contributed by atoms with Crippen molar-refractivity contribution in [3.8, 4) is 0 Å². The molecule has 0 aromatic carbocycles. The summed E-state index contributed by atoms with van der Waals surface area (Å²) >= 11 is 4.06. The van der Waals surface area contributed by atoms with E-state index in [1.165, 1.54) is 7.11 Å². The van der Waals surface area contributed by atoms with Gasteiger partial charge in [-0.15, -0.1) is 0 Å². The van der Waals surface area contributed by atoms with E-state index in [0.717, 1.165) is 0 Å². The van der Waals surface area contributed by atoms with Crippen molar-refractivity contribution in [2.45, 2.75) is 32.4 Å². The van der Waals surface area contributed by atoms with E-state index >= 15 is 0 Å². The summed E-state index contributed by atoms with van der Waals surface area (Å²) in [6.07, 6.45) is 0. The molecule has 0 rings (SSSR count). The smallest absolute Gasteiger partial charge is 0.323 e. The second-order valence-electron chi connectivity index (χ2n) is 3.65. The fourth-order valence-corrected chi connectivity index (χ4v) is 1.08. The summed E-state index contributed by atoms with van der Waals surface area (Å²) in [5.41, 5.74) is -0.0956. The maximum atomic E-state index is 11.1. The number of carbonyl (C=O) groups is 1. The Morgan fingerprint density at radius 2 is 2.08 bits per heavy atom. The van der Waals surface area contributed by atoms with Crippen LogP contribution >= 0.6 is 12.6 Å². The summed E-state index contributed by atoms with van der Waals surface area (Å²) in [7, 11) is 1.38. The Labute approximate surface area is 79.3 Å². The summed E-state index contributed by atoms with van der Waals surface area (Å²) in [5.74, 6) is 0.184. The lowest BCUT2D eigenvalue weighted by Crippen LogP contribution is -2.49. The average Bonchev–Trinajstić information content (AvgIpc) is 1.97. The number of carbonyl (C=O) groups excluding carboxylic acids is 1. The van der Waals surface area contributed by atoms with E-state index in [2.05, 4.69) is 22.7 Å². The first kappa shape index (κ1) is 11.8. The van der Waals surface area contributed by atoms with Crippen LogP contribution < -0.4 is 5.32 Å². The van der Waals surface area contributed by atoms with Crippen molar-refractivity contribution in [2.75, 3.05) is 12.9 Å². The summed E-state index contributed by atoms with van der Waals surface area (Å²) in [4.78, 5) is 11.1. The van der Waals surface area contributed by atoms with Crippen LogP contribution in [0.1, 0.15) is 20.8 Å². The third-order valence-electron chi connectivity index (χ3n) is 1.28. The van der Waals surface area contributed by atoms with Crippen molar-refractivity contribution in [1.29, 1.82) is 0 Å². The number of nitrogens with one attached hydrogen (secondary N) is 1. The second-order valence-corrected chi connectivity index (χ2v) is 4.02. The van der Waals surface area contributed by atoms with Gasteiger partial charge in [0.05, 0.1) is 7.11 Å². The minimum absolute atomic E-state index is 0.0956. The summed E-state index contributed by atoms with van der Waals surface area (Å²) in [6.45, 7) is 5.98. The molecule has 1 N–H and O–H groups in total. The lowest BCUT2D eigenvalue weighted by Gasteiger charge is -2.25. The number of hydrogen-bond acceptors (Lipinski definition) is 4. The molecular weight excluding hydrogens is 174 g/mol. The Hall–Kier alpha value is -0.220. The summed E-state index contributed by atoms with van der Waals surface area (Å²) in [6, 6.07) is -0.321. The molecule has 0 aromatic heterocycles. The van der Waals surface area contributed by atoms with Gasteiger partial charge in [0.2, 0.25) is 0 Å². The van der Waals surface area contributed by atoms with Crippen LogP contribution in [-0.4, -0.2) is 30.4 Å². The van der Waals surface area contributed by atoms with Gasteiger partial charge < -0.3 is 4.74 Å². The van der Waals surface area contributed by atoms with E-state index in [1.807, 2.05) is 20.8 Å². The Morgan fingerprint density at radius 1 is 1.58 bits per heavy atom. The fraction of sp³-hybridized carbons (Fsp3) is 0.875. The van der Waals surface area contributed by atoms with E-state index in [9.17, 15) is 4.79 Å². The average molecular weight is 191 g/mol. The Balaban J connectivity index is 4.09. The van der Waals surface area contributed by atoms with Crippen LogP contribution in [0.25, 0.3) is 0 Å². The van der Waals surface area contributed by atoms with Crippen LogP contribution in [0.3, 0.4) is 0 Å². The highest BCUT2D eigenvalue weighted by molar-refractivity contribution is 7.80. The number of methoxy groups -OCH3 is 1. The lowest BCUT2D eigenvalue weighted by molar-refractivity contribution is -0.142. The molecule has 72 valence electrons. The number of rotatable bonds is 3. The maximum Gasteiger partial charge on any atom is 0.323 e. The summed E-state index contributed by atoms with van der Waals surface area (Å²) < 4.78 is 4.60. The first-order chi connectivity index (χ1) is 5.40. The van der Waals surface area contributed by atoms with E-state index in [4.69, 9.17) is 0 Å². The van der Waals surface area contributed by atoms with Crippen molar-refractivity contribution in [3.05, 3.63) is 0 Å². The second kappa shape index (κ2) is 4.72. The van der Waals surface area contributed by atoms with Gasteiger partial charge in [-0.1, -0.05) is 0 Å². The number of hydrogen-bond donors (Lipinski definition) is 2. The van der Waals surface area contributed by atoms with Crippen molar-refractivity contribution >= 4 is 18.6 Å². The predicted octanol–water partition coefficient (Wildman–Crippen LogP) is 0.846. The highest BCUT2D eigenvalue weighted by Crippen LogP contribution is 2.03. The molecule has 0 heterocycles. The SMILES string of the molecule is COC(=O)[C@H](CS)NC(C)(C)C. The Bertz CT molecular complexity index is 154. The molecule has 4 heteroatoms. The first-order valence-electron chi connectivity index (χ1n) is 3.87. The van der Waals surface area contributed by atoms with Crippen molar-refractivity contribution in [2.24, 2.45) is 0 Å². The highest BCUT2D eigenvalue weighted by atomic mass is 32.1. The zero-order valence-corrected chi connectivity index (χ0v) is 8.94. The first-order valence-corrected chi connectivity index (χ1v) is 4.50. The van der Waals surface area contributed by atoms with Gasteiger partial charge >= 0.3 is 5.97 Å². The molecule has 0 aliphatic carbocycles. The molecule has 0 radical (unpaired) electrons. The van der Waals surface area contributed by atoms with Gasteiger partial charge in [-0.05, 0) is 20.8 Å². The molecule has 0 saturated heterocycles. The Kier molecular flexibility index (Phi) is 4.63. The van der Waals surface area contributed by atoms with E-state index in [-0.39, 0.29) is 17.6 Å². The zero-order valence-electron chi connectivity index (χ0n) is 8.05. The van der Waals surface area contributed by atoms with Gasteiger partial charge in [0.1, 0.15) is 6.04 Å². The molecule has 0 spiro atoms. The monoisotopic (exact) mass is 191 g/mol. The van der Waals surface area contributed by atoms with Gasteiger partial charge in [-0.2, -0.15) is 12.6 Å². The van der Waals surface area contributed by atoms with Crippen LogP contribution in [0.4, 0.5) is 0 Å². The molecule has 0 bridgehead atoms. The van der Waals surface area contributed by atoms with Crippen LogP contribution in [0.5, 0.6) is 0 Å². The van der Waals surface area contributed by atoms with Gasteiger partial charge in [0, 0.05) is 11.3 Å². The number of ether oxygens (including phenoxy) is 1. The topological polar surface area (TPSA) is 38.3 Å². The lowest BCUT2D eigenvalue weighted by atomic mass is 10.1. The standard InChI is InChI=1S/C8H17NO2S/c1-8(2,3)9-6(5-12)7(10)11-4/h6,9,12H,5H2,1-4H3/t6-/m0/s1. The Morgan fingerprint density at radius 3 is 2.33 bits per heavy atom. The third kappa shape index (κ3) is 4.62. The van der Waals surface area contributed by atoms with E-state index < -0.39 is 0 Å². The minimum Gasteiger partial charge on any atom is -0.468 e. The normalized spacial score (nSPS) is 14.1. The molecule has 0 aliphatic heterocycles. The number of esters is 1. The molecule has 0 unspecified atom stereocenters. The molecule has 0 saturated carbocycles. The largest absolute Gasteiger partial charge is 0.468 e. The molecule has 0 fully saturated rings. The fourth-order valence-electron chi connectivity index (χ4n) is 0.844. The minimum atomic E-state index is -0.321. The van der Waals surface area contributed by atoms with Gasteiger partial charge in [0.15, 0.2) is 0 Å². The van der Waals surface area contributed by atoms with Gasteiger partial charge in [-0.25, -0.2) is 0 Å². The molecule has 0 aliphatic rings. The van der Waals surface area contributed by atoms with Crippen molar-refractivity contribution < 1.29 is 9.53 Å². The van der Waals surface area contributed by atoms with E-state index in [0.29, 0.717) is 5.75 Å². The van der Waals surface area contributed by atoms with Crippen LogP contribution in [0.2, 0.25) is 0 Å². The van der Waals surface area contributed by atoms with Gasteiger partial charge in [-0.3, -0.25) is 10.1 Å². The molecule has 0 amide bonds. The highest BCUT2D eigenvalue weighted by Gasteiger charge is 2.22. The van der Waals surface area contributed by atoms with Crippen molar-refractivity contribution in [3.63, 3.8) is 0 Å². The van der Waals surface area contributed by atoms with Crippen LogP contribution in [0.15, 0.2) is 0 Å². The van der Waals surface area contributed by atoms with E-state index in [1.54, 1.807) is 0 Å². The molecular formula is C8H17NO2S. The molecule has 3 nitrogen and oxygen atoms in total. The maximum absolute atomic E-state index is 11.1. The quantitative estimate of drug-likeness (QED) is 0.513. The van der Waals surface area contributed by atoms with Crippen LogP contribution in [-0.2, 0) is 9.53 Å². The van der Waals surface area contributed by atoms with Gasteiger partial charge in [0.25, 0.3) is 0 Å². The molecule has 12 heavy (non-hydrogen) atoms.